The number of pyridine rings is 1. The van der Waals surface area contributed by atoms with E-state index in [9.17, 15) is 4.79 Å². The third-order valence-corrected chi connectivity index (χ3v) is 3.82. The fourth-order valence-electron chi connectivity index (χ4n) is 2.54. The van der Waals surface area contributed by atoms with E-state index >= 15 is 0 Å². The molecule has 0 fully saturated rings. The first kappa shape index (κ1) is 16.7. The zero-order valence-electron chi connectivity index (χ0n) is 14.4. The first-order valence-electron chi connectivity index (χ1n) is 8.24. The number of hydrogen-bond acceptors (Lipinski definition) is 3. The number of carbonyl (C=O) groups excluding carboxylic acids is 1. The van der Waals surface area contributed by atoms with Crippen LogP contribution in [-0.2, 0) is 11.2 Å². The number of amides is 1. The Balaban J connectivity index is 1.58. The first-order valence-corrected chi connectivity index (χ1v) is 8.24. The van der Waals surface area contributed by atoms with Crippen LogP contribution in [0, 0.1) is 13.8 Å². The summed E-state index contributed by atoms with van der Waals surface area (Å²) in [4.78, 5) is 16.5. The van der Waals surface area contributed by atoms with Crippen LogP contribution in [0.25, 0.3) is 0 Å². The third-order valence-electron chi connectivity index (χ3n) is 3.82. The number of nitrogens with one attached hydrogen (secondary N) is 2. The molecule has 3 rings (SSSR count). The molecule has 0 unspecified atom stereocenters. The number of rotatable bonds is 5. The first-order chi connectivity index (χ1) is 12.1. The van der Waals surface area contributed by atoms with Gasteiger partial charge in [0.25, 0.3) is 0 Å². The standard InChI is InChI=1S/C21H21N3O/c1-15-6-8-18(9-7-15)23-20-11-10-19(14-22-20)24-21(25)13-17-5-3-4-16(2)12-17/h3-12,14H,13H2,1-2H3,(H,22,23)(H,24,25). The van der Waals surface area contributed by atoms with E-state index in [-0.39, 0.29) is 5.91 Å². The Bertz CT molecular complexity index is 855. The van der Waals surface area contributed by atoms with Gasteiger partial charge in [-0.25, -0.2) is 4.98 Å². The molecule has 126 valence electrons. The second-order valence-corrected chi connectivity index (χ2v) is 6.14. The molecule has 0 aliphatic heterocycles. The van der Waals surface area contributed by atoms with Crippen molar-refractivity contribution in [3.63, 3.8) is 0 Å². The van der Waals surface area contributed by atoms with Gasteiger partial charge in [-0.3, -0.25) is 4.79 Å². The van der Waals surface area contributed by atoms with Gasteiger partial charge in [-0.1, -0.05) is 47.5 Å². The lowest BCUT2D eigenvalue weighted by Crippen LogP contribution is -2.14. The lowest BCUT2D eigenvalue weighted by atomic mass is 10.1. The van der Waals surface area contributed by atoms with Crippen LogP contribution in [0.1, 0.15) is 16.7 Å². The predicted octanol–water partition coefficient (Wildman–Crippen LogP) is 4.62. The van der Waals surface area contributed by atoms with E-state index in [4.69, 9.17) is 0 Å². The molecule has 0 bridgehead atoms. The van der Waals surface area contributed by atoms with Gasteiger partial charge in [0.1, 0.15) is 5.82 Å². The Hall–Kier alpha value is -3.14. The van der Waals surface area contributed by atoms with Gasteiger partial charge in [0, 0.05) is 5.69 Å². The molecule has 3 aromatic rings. The fraction of sp³-hybridized carbons (Fsp3) is 0.143. The highest BCUT2D eigenvalue weighted by atomic mass is 16.1. The van der Waals surface area contributed by atoms with E-state index in [0.717, 1.165) is 22.6 Å². The van der Waals surface area contributed by atoms with Crippen LogP contribution in [0.3, 0.4) is 0 Å². The van der Waals surface area contributed by atoms with Crippen LogP contribution in [0.2, 0.25) is 0 Å². The molecule has 0 atom stereocenters. The van der Waals surface area contributed by atoms with Crippen molar-refractivity contribution >= 4 is 23.1 Å². The van der Waals surface area contributed by atoms with Crippen LogP contribution in [0.4, 0.5) is 17.2 Å². The van der Waals surface area contributed by atoms with Crippen molar-refractivity contribution in [2.75, 3.05) is 10.6 Å². The van der Waals surface area contributed by atoms with Gasteiger partial charge >= 0.3 is 0 Å². The molecule has 0 aliphatic rings. The average molecular weight is 331 g/mol. The van der Waals surface area contributed by atoms with Gasteiger partial charge in [-0.15, -0.1) is 0 Å². The Labute approximate surface area is 147 Å². The summed E-state index contributed by atoms with van der Waals surface area (Å²) in [5, 5.41) is 6.11. The van der Waals surface area contributed by atoms with E-state index in [2.05, 4.69) is 22.5 Å². The maximum atomic E-state index is 12.1. The quantitative estimate of drug-likeness (QED) is 0.717. The monoisotopic (exact) mass is 331 g/mol. The number of anilines is 3. The van der Waals surface area contributed by atoms with Gasteiger partial charge in [0.15, 0.2) is 0 Å². The Morgan fingerprint density at radius 1 is 0.920 bits per heavy atom. The van der Waals surface area contributed by atoms with Crippen molar-refractivity contribution in [3.05, 3.63) is 83.6 Å². The topological polar surface area (TPSA) is 54.0 Å². The minimum Gasteiger partial charge on any atom is -0.340 e. The average Bonchev–Trinajstić information content (AvgIpc) is 2.59. The molecule has 2 N–H and O–H groups in total. The smallest absolute Gasteiger partial charge is 0.228 e. The maximum absolute atomic E-state index is 12.1. The van der Waals surface area contributed by atoms with Crippen molar-refractivity contribution in [1.82, 2.24) is 4.98 Å². The summed E-state index contributed by atoms with van der Waals surface area (Å²) < 4.78 is 0. The highest BCUT2D eigenvalue weighted by molar-refractivity contribution is 5.92. The SMILES string of the molecule is Cc1ccc(Nc2ccc(NC(=O)Cc3cccc(C)c3)cn2)cc1. The van der Waals surface area contributed by atoms with Gasteiger partial charge in [-0.05, 0) is 43.7 Å². The van der Waals surface area contributed by atoms with E-state index in [1.165, 1.54) is 5.56 Å². The summed E-state index contributed by atoms with van der Waals surface area (Å²) >= 11 is 0. The van der Waals surface area contributed by atoms with Crippen LogP contribution < -0.4 is 10.6 Å². The van der Waals surface area contributed by atoms with Crippen molar-refractivity contribution in [2.24, 2.45) is 0 Å². The molecule has 25 heavy (non-hydrogen) atoms. The molecular formula is C21H21N3O. The maximum Gasteiger partial charge on any atom is 0.228 e. The molecule has 0 saturated carbocycles. The normalized spacial score (nSPS) is 10.3. The zero-order chi connectivity index (χ0) is 17.6. The van der Waals surface area contributed by atoms with Crippen LogP contribution in [-0.4, -0.2) is 10.9 Å². The third kappa shape index (κ3) is 4.91. The van der Waals surface area contributed by atoms with Gasteiger partial charge in [-0.2, -0.15) is 0 Å². The van der Waals surface area contributed by atoms with Crippen LogP contribution >= 0.6 is 0 Å². The summed E-state index contributed by atoms with van der Waals surface area (Å²) in [7, 11) is 0. The second-order valence-electron chi connectivity index (χ2n) is 6.14. The van der Waals surface area contributed by atoms with E-state index < -0.39 is 0 Å². The Morgan fingerprint density at radius 3 is 2.36 bits per heavy atom. The molecule has 2 aromatic carbocycles. The van der Waals surface area contributed by atoms with Crippen molar-refractivity contribution in [1.29, 1.82) is 0 Å². The zero-order valence-corrected chi connectivity index (χ0v) is 14.4. The Kier molecular flexibility index (Phi) is 5.09. The highest BCUT2D eigenvalue weighted by Gasteiger charge is 2.05. The van der Waals surface area contributed by atoms with Crippen molar-refractivity contribution in [3.8, 4) is 0 Å². The minimum absolute atomic E-state index is 0.0494. The summed E-state index contributed by atoms with van der Waals surface area (Å²) in [6, 6.07) is 19.8. The van der Waals surface area contributed by atoms with Crippen molar-refractivity contribution in [2.45, 2.75) is 20.3 Å². The highest BCUT2D eigenvalue weighted by Crippen LogP contribution is 2.17. The lowest BCUT2D eigenvalue weighted by Gasteiger charge is -2.08. The van der Waals surface area contributed by atoms with E-state index in [1.807, 2.05) is 67.6 Å². The molecule has 4 heteroatoms. The molecular weight excluding hydrogens is 310 g/mol. The molecule has 0 saturated heterocycles. The number of aryl methyl sites for hydroxylation is 2. The van der Waals surface area contributed by atoms with Crippen molar-refractivity contribution < 1.29 is 4.79 Å². The molecule has 1 amide bonds. The van der Waals surface area contributed by atoms with Crippen LogP contribution in [0.15, 0.2) is 66.9 Å². The second kappa shape index (κ2) is 7.62. The molecule has 0 radical (unpaired) electrons. The molecule has 4 nitrogen and oxygen atoms in total. The minimum atomic E-state index is -0.0494. The molecule has 1 heterocycles. The summed E-state index contributed by atoms with van der Waals surface area (Å²) in [5.74, 6) is 0.687. The lowest BCUT2D eigenvalue weighted by molar-refractivity contribution is -0.115. The van der Waals surface area contributed by atoms with Gasteiger partial charge in [0.05, 0.1) is 18.3 Å². The van der Waals surface area contributed by atoms with E-state index in [1.54, 1.807) is 6.20 Å². The number of benzene rings is 2. The van der Waals surface area contributed by atoms with Crippen LogP contribution in [0.5, 0.6) is 0 Å². The molecule has 0 aliphatic carbocycles. The summed E-state index contributed by atoms with van der Waals surface area (Å²) in [5.41, 5.74) is 5.04. The predicted molar refractivity (Wildman–Crippen MR) is 102 cm³/mol. The largest absolute Gasteiger partial charge is 0.340 e. The Morgan fingerprint density at radius 2 is 1.68 bits per heavy atom. The number of hydrogen-bond donors (Lipinski definition) is 2. The molecule has 0 spiro atoms. The molecule has 1 aromatic heterocycles. The van der Waals surface area contributed by atoms with E-state index in [0.29, 0.717) is 12.1 Å². The fourth-order valence-corrected chi connectivity index (χ4v) is 2.54. The van der Waals surface area contributed by atoms with Gasteiger partial charge < -0.3 is 10.6 Å². The number of carbonyl (C=O) groups is 1. The summed E-state index contributed by atoms with van der Waals surface area (Å²) in [6.07, 6.45) is 2.01. The summed E-state index contributed by atoms with van der Waals surface area (Å²) in [6.45, 7) is 4.07. The number of aromatic nitrogens is 1. The number of nitrogens with zero attached hydrogens (tertiary/aromatic N) is 1. The van der Waals surface area contributed by atoms with Gasteiger partial charge in [0.2, 0.25) is 5.91 Å².